The third-order valence-electron chi connectivity index (χ3n) is 3.67. The van der Waals surface area contributed by atoms with Gasteiger partial charge in [-0.1, -0.05) is 6.92 Å². The van der Waals surface area contributed by atoms with Gasteiger partial charge in [-0.2, -0.15) is 10.5 Å². The molecule has 0 aromatic heterocycles. The summed E-state index contributed by atoms with van der Waals surface area (Å²) in [6.45, 7) is 7.44. The standard InChI is InChI=1S/C15H25N5O/c1-2-6-18-15(21)13-20-9-7-19(8-10-20)12-14(11-17)4-3-5-16/h14H,2-4,6-10,12-13H2,1H3,(H,18,21)/t14-/m0/s1. The van der Waals surface area contributed by atoms with Crippen LogP contribution in [0.2, 0.25) is 0 Å². The second-order valence-electron chi connectivity index (χ2n) is 5.45. The maximum Gasteiger partial charge on any atom is 0.234 e. The van der Waals surface area contributed by atoms with Crippen molar-refractivity contribution in [3.63, 3.8) is 0 Å². The smallest absolute Gasteiger partial charge is 0.234 e. The number of amides is 1. The molecule has 6 heteroatoms. The lowest BCUT2D eigenvalue weighted by Crippen LogP contribution is -2.50. The largest absolute Gasteiger partial charge is 0.355 e. The van der Waals surface area contributed by atoms with Crippen LogP contribution in [0, 0.1) is 28.6 Å². The lowest BCUT2D eigenvalue weighted by Gasteiger charge is -2.35. The van der Waals surface area contributed by atoms with E-state index in [0.29, 0.717) is 19.4 Å². The van der Waals surface area contributed by atoms with Gasteiger partial charge in [0.1, 0.15) is 0 Å². The molecule has 0 spiro atoms. The lowest BCUT2D eigenvalue weighted by atomic mass is 10.0. The van der Waals surface area contributed by atoms with Crippen LogP contribution in [-0.2, 0) is 4.79 Å². The predicted molar refractivity (Wildman–Crippen MR) is 80.1 cm³/mol. The number of carbonyl (C=O) groups excluding carboxylic acids is 1. The Balaban J connectivity index is 2.24. The van der Waals surface area contributed by atoms with E-state index < -0.39 is 0 Å². The van der Waals surface area contributed by atoms with E-state index in [-0.39, 0.29) is 11.8 Å². The number of hydrogen-bond acceptors (Lipinski definition) is 5. The fraction of sp³-hybridized carbons (Fsp3) is 0.800. The van der Waals surface area contributed by atoms with Gasteiger partial charge in [0.15, 0.2) is 0 Å². The Labute approximate surface area is 127 Å². The summed E-state index contributed by atoms with van der Waals surface area (Å²) >= 11 is 0. The zero-order valence-corrected chi connectivity index (χ0v) is 12.8. The Kier molecular flexibility index (Phi) is 8.42. The van der Waals surface area contributed by atoms with Crippen LogP contribution in [0.15, 0.2) is 0 Å². The monoisotopic (exact) mass is 291 g/mol. The van der Waals surface area contributed by atoms with E-state index in [2.05, 4.69) is 27.3 Å². The third-order valence-corrected chi connectivity index (χ3v) is 3.67. The zero-order valence-electron chi connectivity index (χ0n) is 12.8. The number of nitriles is 2. The molecule has 1 fully saturated rings. The first-order chi connectivity index (χ1) is 10.2. The molecule has 116 valence electrons. The van der Waals surface area contributed by atoms with Gasteiger partial charge in [-0.3, -0.25) is 14.6 Å². The summed E-state index contributed by atoms with van der Waals surface area (Å²) < 4.78 is 0. The molecule has 0 unspecified atom stereocenters. The second-order valence-corrected chi connectivity index (χ2v) is 5.45. The maximum atomic E-state index is 11.7. The van der Waals surface area contributed by atoms with Gasteiger partial charge in [-0.15, -0.1) is 0 Å². The van der Waals surface area contributed by atoms with E-state index in [1.807, 2.05) is 6.92 Å². The molecular weight excluding hydrogens is 266 g/mol. The van der Waals surface area contributed by atoms with Crippen LogP contribution in [0.5, 0.6) is 0 Å². The van der Waals surface area contributed by atoms with Crippen molar-refractivity contribution in [2.24, 2.45) is 5.92 Å². The topological polar surface area (TPSA) is 83.2 Å². The van der Waals surface area contributed by atoms with Gasteiger partial charge in [0.05, 0.1) is 24.6 Å². The number of nitrogens with one attached hydrogen (secondary N) is 1. The highest BCUT2D eigenvalue weighted by atomic mass is 16.2. The molecule has 1 rings (SSSR count). The summed E-state index contributed by atoms with van der Waals surface area (Å²) in [5.74, 6) is 0.0262. The molecule has 1 atom stereocenters. The first-order valence-electron chi connectivity index (χ1n) is 7.67. The summed E-state index contributed by atoms with van der Waals surface area (Å²) in [5.41, 5.74) is 0. The highest BCUT2D eigenvalue weighted by Gasteiger charge is 2.21. The van der Waals surface area contributed by atoms with Crippen molar-refractivity contribution >= 4 is 5.91 Å². The molecule has 1 amide bonds. The minimum atomic E-state index is -0.0657. The zero-order chi connectivity index (χ0) is 15.5. The lowest BCUT2D eigenvalue weighted by molar-refractivity contribution is -0.122. The molecule has 0 aromatic carbocycles. The molecule has 0 bridgehead atoms. The van der Waals surface area contributed by atoms with Crippen molar-refractivity contribution in [1.82, 2.24) is 15.1 Å². The Morgan fingerprint density at radius 2 is 1.90 bits per heavy atom. The van der Waals surface area contributed by atoms with Gasteiger partial charge in [0.2, 0.25) is 5.91 Å². The second kappa shape index (κ2) is 10.1. The fourth-order valence-corrected chi connectivity index (χ4v) is 2.40. The molecule has 1 aliphatic rings. The molecule has 1 aliphatic heterocycles. The minimum absolute atomic E-state index is 0.0657. The predicted octanol–water partition coefficient (Wildman–Crippen LogP) is 0.574. The van der Waals surface area contributed by atoms with Crippen LogP contribution >= 0.6 is 0 Å². The summed E-state index contributed by atoms with van der Waals surface area (Å²) in [7, 11) is 0. The Hall–Kier alpha value is -1.63. The first kappa shape index (κ1) is 17.4. The quantitative estimate of drug-likeness (QED) is 0.707. The van der Waals surface area contributed by atoms with E-state index in [4.69, 9.17) is 10.5 Å². The Bertz CT molecular complexity index is 390. The van der Waals surface area contributed by atoms with Crippen molar-refractivity contribution in [2.45, 2.75) is 26.2 Å². The van der Waals surface area contributed by atoms with Gasteiger partial charge in [-0.25, -0.2) is 0 Å². The summed E-state index contributed by atoms with van der Waals surface area (Å²) in [4.78, 5) is 16.1. The van der Waals surface area contributed by atoms with Crippen LogP contribution in [0.1, 0.15) is 26.2 Å². The molecule has 1 saturated heterocycles. The van der Waals surface area contributed by atoms with Crippen molar-refractivity contribution < 1.29 is 4.79 Å². The molecule has 1 N–H and O–H groups in total. The minimum Gasteiger partial charge on any atom is -0.355 e. The van der Waals surface area contributed by atoms with Gasteiger partial charge in [0, 0.05) is 45.7 Å². The number of carbonyl (C=O) groups is 1. The van der Waals surface area contributed by atoms with E-state index >= 15 is 0 Å². The summed E-state index contributed by atoms with van der Waals surface area (Å²) in [6, 6.07) is 4.37. The highest BCUT2D eigenvalue weighted by molar-refractivity contribution is 5.77. The van der Waals surface area contributed by atoms with Gasteiger partial charge in [-0.05, 0) is 12.8 Å². The molecule has 1 heterocycles. The van der Waals surface area contributed by atoms with E-state index in [0.717, 1.165) is 45.7 Å². The molecule has 21 heavy (non-hydrogen) atoms. The first-order valence-corrected chi connectivity index (χ1v) is 7.67. The average Bonchev–Trinajstić information content (AvgIpc) is 2.51. The van der Waals surface area contributed by atoms with Gasteiger partial charge < -0.3 is 5.32 Å². The third kappa shape index (κ3) is 7.08. The number of piperazine rings is 1. The molecule has 0 aromatic rings. The molecule has 0 radical (unpaired) electrons. The van der Waals surface area contributed by atoms with Crippen LogP contribution in [-0.4, -0.2) is 61.5 Å². The van der Waals surface area contributed by atoms with Crippen molar-refractivity contribution in [1.29, 1.82) is 10.5 Å². The SMILES string of the molecule is CCCNC(=O)CN1CCN(C[C@H](C#N)CCC#N)CC1. The van der Waals surface area contributed by atoms with Crippen LogP contribution in [0.4, 0.5) is 0 Å². The normalized spacial score (nSPS) is 17.7. The summed E-state index contributed by atoms with van der Waals surface area (Å²) in [6.07, 6.45) is 2.04. The average molecular weight is 291 g/mol. The van der Waals surface area contributed by atoms with E-state index in [9.17, 15) is 4.79 Å². The Morgan fingerprint density at radius 1 is 1.24 bits per heavy atom. The van der Waals surface area contributed by atoms with Crippen LogP contribution < -0.4 is 5.32 Å². The van der Waals surface area contributed by atoms with Gasteiger partial charge in [0.25, 0.3) is 0 Å². The molecule has 0 aliphatic carbocycles. The molecule has 0 saturated carbocycles. The van der Waals surface area contributed by atoms with Gasteiger partial charge >= 0.3 is 0 Å². The summed E-state index contributed by atoms with van der Waals surface area (Å²) in [5, 5.41) is 20.6. The fourth-order valence-electron chi connectivity index (χ4n) is 2.40. The Morgan fingerprint density at radius 3 is 2.48 bits per heavy atom. The van der Waals surface area contributed by atoms with Crippen LogP contribution in [0.25, 0.3) is 0 Å². The van der Waals surface area contributed by atoms with Crippen molar-refractivity contribution in [3.8, 4) is 12.1 Å². The molecule has 6 nitrogen and oxygen atoms in total. The van der Waals surface area contributed by atoms with Crippen molar-refractivity contribution in [3.05, 3.63) is 0 Å². The van der Waals surface area contributed by atoms with Crippen LogP contribution in [0.3, 0.4) is 0 Å². The maximum absolute atomic E-state index is 11.7. The van der Waals surface area contributed by atoms with E-state index in [1.165, 1.54) is 0 Å². The number of nitrogens with zero attached hydrogens (tertiary/aromatic N) is 4. The number of hydrogen-bond donors (Lipinski definition) is 1. The van der Waals surface area contributed by atoms with E-state index in [1.54, 1.807) is 0 Å². The number of rotatable bonds is 8. The van der Waals surface area contributed by atoms with Crippen molar-refractivity contribution in [2.75, 3.05) is 45.8 Å². The molecular formula is C15H25N5O. The highest BCUT2D eigenvalue weighted by Crippen LogP contribution is 2.10.